The lowest BCUT2D eigenvalue weighted by atomic mass is 10.2. The number of hydrogen-bond donors (Lipinski definition) is 0. The summed E-state index contributed by atoms with van der Waals surface area (Å²) in [6.07, 6.45) is 1.57. The van der Waals surface area contributed by atoms with E-state index < -0.39 is 0 Å². The standard InChI is InChI=1S/C17H16ClN3O2/c1-20(14-5-3-4-6-15(14)23-2)11-13-9-17(22)21-10-12(18)7-8-16(21)19-13/h3-10H,11H2,1-2H3. The van der Waals surface area contributed by atoms with Crippen molar-refractivity contribution in [2.24, 2.45) is 0 Å². The highest BCUT2D eigenvalue weighted by atomic mass is 35.5. The number of anilines is 1. The summed E-state index contributed by atoms with van der Waals surface area (Å²) in [4.78, 5) is 18.7. The molecule has 0 unspecified atom stereocenters. The molecule has 0 atom stereocenters. The van der Waals surface area contributed by atoms with Crippen LogP contribution in [0.25, 0.3) is 5.65 Å². The lowest BCUT2D eigenvalue weighted by molar-refractivity contribution is 0.414. The zero-order chi connectivity index (χ0) is 16.4. The van der Waals surface area contributed by atoms with Crippen molar-refractivity contribution in [1.82, 2.24) is 9.38 Å². The molecule has 1 aromatic carbocycles. The Kier molecular flexibility index (Phi) is 4.21. The molecule has 0 saturated carbocycles. The summed E-state index contributed by atoms with van der Waals surface area (Å²) < 4.78 is 6.81. The second-order valence-corrected chi connectivity index (χ2v) is 5.63. The van der Waals surface area contributed by atoms with E-state index in [0.29, 0.717) is 22.9 Å². The Labute approximate surface area is 138 Å². The number of aromatic nitrogens is 2. The molecule has 0 spiro atoms. The molecule has 2 aromatic heterocycles. The van der Waals surface area contributed by atoms with Gasteiger partial charge in [-0.25, -0.2) is 4.98 Å². The number of halogens is 1. The van der Waals surface area contributed by atoms with E-state index in [1.165, 1.54) is 10.5 Å². The molecule has 0 aliphatic rings. The predicted octanol–water partition coefficient (Wildman–Crippen LogP) is 2.99. The van der Waals surface area contributed by atoms with E-state index in [9.17, 15) is 4.79 Å². The van der Waals surface area contributed by atoms with E-state index in [1.54, 1.807) is 25.4 Å². The second kappa shape index (κ2) is 6.30. The largest absolute Gasteiger partial charge is 0.495 e. The minimum absolute atomic E-state index is 0.152. The molecule has 0 aliphatic heterocycles. The number of ether oxygens (including phenoxy) is 1. The lowest BCUT2D eigenvalue weighted by Crippen LogP contribution is -2.22. The Hall–Kier alpha value is -2.53. The first-order valence-corrected chi connectivity index (χ1v) is 7.48. The molecule has 118 valence electrons. The fourth-order valence-electron chi connectivity index (χ4n) is 2.48. The van der Waals surface area contributed by atoms with Crippen LogP contribution in [0.5, 0.6) is 5.75 Å². The zero-order valence-corrected chi connectivity index (χ0v) is 13.6. The molecule has 0 radical (unpaired) electrons. The number of methoxy groups -OCH3 is 1. The second-order valence-electron chi connectivity index (χ2n) is 5.19. The van der Waals surface area contributed by atoms with E-state index >= 15 is 0 Å². The van der Waals surface area contributed by atoms with Crippen LogP contribution in [0.15, 0.2) is 53.5 Å². The van der Waals surface area contributed by atoms with Crippen LogP contribution in [-0.2, 0) is 6.54 Å². The fraction of sp³-hybridized carbons (Fsp3) is 0.176. The highest BCUT2D eigenvalue weighted by Gasteiger charge is 2.10. The summed E-state index contributed by atoms with van der Waals surface area (Å²) in [5.41, 5.74) is 2.05. The average molecular weight is 330 g/mol. The minimum atomic E-state index is -0.152. The molecular formula is C17H16ClN3O2. The first kappa shape index (κ1) is 15.4. The van der Waals surface area contributed by atoms with Gasteiger partial charge >= 0.3 is 0 Å². The first-order chi connectivity index (χ1) is 11.1. The van der Waals surface area contributed by atoms with E-state index in [-0.39, 0.29) is 5.56 Å². The van der Waals surface area contributed by atoms with Crippen molar-refractivity contribution in [3.8, 4) is 5.75 Å². The van der Waals surface area contributed by atoms with Crippen molar-refractivity contribution in [2.45, 2.75) is 6.54 Å². The van der Waals surface area contributed by atoms with Crippen molar-refractivity contribution in [1.29, 1.82) is 0 Å². The third kappa shape index (κ3) is 3.14. The van der Waals surface area contributed by atoms with Gasteiger partial charge in [0.2, 0.25) is 0 Å². The third-order valence-corrected chi connectivity index (χ3v) is 3.80. The van der Waals surface area contributed by atoms with Gasteiger partial charge in [0.15, 0.2) is 0 Å². The summed E-state index contributed by atoms with van der Waals surface area (Å²) in [5.74, 6) is 0.777. The monoisotopic (exact) mass is 329 g/mol. The first-order valence-electron chi connectivity index (χ1n) is 7.10. The Morgan fingerprint density at radius 2 is 2.04 bits per heavy atom. The van der Waals surface area contributed by atoms with Crippen LogP contribution in [-0.4, -0.2) is 23.5 Å². The summed E-state index contributed by atoms with van der Waals surface area (Å²) in [5, 5.41) is 0.500. The van der Waals surface area contributed by atoms with Crippen molar-refractivity contribution < 1.29 is 4.74 Å². The zero-order valence-electron chi connectivity index (χ0n) is 12.9. The normalized spacial score (nSPS) is 10.7. The van der Waals surface area contributed by atoms with Crippen molar-refractivity contribution in [3.05, 3.63) is 69.7 Å². The highest BCUT2D eigenvalue weighted by Crippen LogP contribution is 2.27. The van der Waals surface area contributed by atoms with Gasteiger partial charge in [-0.1, -0.05) is 23.7 Å². The van der Waals surface area contributed by atoms with Gasteiger partial charge in [-0.15, -0.1) is 0 Å². The van der Waals surface area contributed by atoms with Gasteiger partial charge in [0.25, 0.3) is 5.56 Å². The summed E-state index contributed by atoms with van der Waals surface area (Å²) in [7, 11) is 3.57. The summed E-state index contributed by atoms with van der Waals surface area (Å²) >= 11 is 5.92. The number of para-hydroxylation sites is 2. The maximum absolute atomic E-state index is 12.2. The number of rotatable bonds is 4. The van der Waals surface area contributed by atoms with Crippen LogP contribution in [0.4, 0.5) is 5.69 Å². The van der Waals surface area contributed by atoms with Gasteiger partial charge in [-0.05, 0) is 24.3 Å². The van der Waals surface area contributed by atoms with Gasteiger partial charge in [0.1, 0.15) is 11.4 Å². The van der Waals surface area contributed by atoms with E-state index in [1.807, 2.05) is 36.2 Å². The molecule has 2 heterocycles. The number of hydrogen-bond acceptors (Lipinski definition) is 4. The van der Waals surface area contributed by atoms with Crippen LogP contribution in [0.2, 0.25) is 5.02 Å². The Balaban J connectivity index is 1.95. The molecular weight excluding hydrogens is 314 g/mol. The van der Waals surface area contributed by atoms with Gasteiger partial charge in [-0.3, -0.25) is 9.20 Å². The Morgan fingerprint density at radius 1 is 1.26 bits per heavy atom. The Morgan fingerprint density at radius 3 is 2.83 bits per heavy atom. The fourth-order valence-corrected chi connectivity index (χ4v) is 2.64. The molecule has 0 N–H and O–H groups in total. The van der Waals surface area contributed by atoms with Gasteiger partial charge in [-0.2, -0.15) is 0 Å². The quantitative estimate of drug-likeness (QED) is 0.738. The summed E-state index contributed by atoms with van der Waals surface area (Å²) in [6.45, 7) is 0.495. The van der Waals surface area contributed by atoms with Crippen LogP contribution < -0.4 is 15.2 Å². The SMILES string of the molecule is COc1ccccc1N(C)Cc1cc(=O)n2cc(Cl)ccc2n1. The number of pyridine rings is 1. The number of nitrogens with zero attached hydrogens (tertiary/aromatic N) is 3. The molecule has 0 bridgehead atoms. The Bertz CT molecular complexity index is 908. The molecule has 23 heavy (non-hydrogen) atoms. The molecule has 5 nitrogen and oxygen atoms in total. The molecule has 0 amide bonds. The molecule has 3 rings (SSSR count). The maximum atomic E-state index is 12.2. The van der Waals surface area contributed by atoms with Crippen molar-refractivity contribution in [2.75, 3.05) is 19.1 Å². The number of benzene rings is 1. The molecule has 0 aliphatic carbocycles. The molecule has 6 heteroatoms. The van der Waals surface area contributed by atoms with Gasteiger partial charge in [0, 0.05) is 19.3 Å². The lowest BCUT2D eigenvalue weighted by Gasteiger charge is -2.21. The number of fused-ring (bicyclic) bond motifs is 1. The van der Waals surface area contributed by atoms with Crippen LogP contribution >= 0.6 is 11.6 Å². The minimum Gasteiger partial charge on any atom is -0.495 e. The average Bonchev–Trinajstić information content (AvgIpc) is 2.55. The van der Waals surface area contributed by atoms with Crippen LogP contribution in [0.3, 0.4) is 0 Å². The third-order valence-electron chi connectivity index (χ3n) is 3.57. The molecule has 0 saturated heterocycles. The van der Waals surface area contributed by atoms with Crippen molar-refractivity contribution in [3.63, 3.8) is 0 Å². The van der Waals surface area contributed by atoms with E-state index in [2.05, 4.69) is 4.98 Å². The topological polar surface area (TPSA) is 46.8 Å². The summed E-state index contributed by atoms with van der Waals surface area (Å²) in [6, 6.07) is 12.7. The van der Waals surface area contributed by atoms with Crippen LogP contribution in [0.1, 0.15) is 5.69 Å². The highest BCUT2D eigenvalue weighted by molar-refractivity contribution is 6.30. The maximum Gasteiger partial charge on any atom is 0.258 e. The van der Waals surface area contributed by atoms with Crippen molar-refractivity contribution >= 4 is 22.9 Å². The van der Waals surface area contributed by atoms with Gasteiger partial charge in [0.05, 0.1) is 30.1 Å². The van der Waals surface area contributed by atoms with Crippen LogP contribution in [0, 0.1) is 0 Å². The van der Waals surface area contributed by atoms with Gasteiger partial charge < -0.3 is 9.64 Å². The van der Waals surface area contributed by atoms with E-state index in [4.69, 9.17) is 16.3 Å². The van der Waals surface area contributed by atoms with E-state index in [0.717, 1.165) is 11.4 Å². The molecule has 3 aromatic rings. The smallest absolute Gasteiger partial charge is 0.258 e. The predicted molar refractivity (Wildman–Crippen MR) is 91.6 cm³/mol. The molecule has 0 fully saturated rings.